The van der Waals surface area contributed by atoms with Crippen LogP contribution < -0.4 is 20.1 Å². The second-order valence-electron chi connectivity index (χ2n) is 7.68. The quantitative estimate of drug-likeness (QED) is 0.288. The first-order valence-corrected chi connectivity index (χ1v) is 11.5. The van der Waals surface area contributed by atoms with Crippen LogP contribution in [0.4, 0.5) is 11.4 Å². The maximum Gasteiger partial charge on any atom is 0.266 e. The highest BCUT2D eigenvalue weighted by atomic mass is 79.9. The number of anilines is 2. The summed E-state index contributed by atoms with van der Waals surface area (Å²) in [5.41, 5.74) is 3.83. The molecule has 0 aliphatic rings. The van der Waals surface area contributed by atoms with Crippen LogP contribution in [0.3, 0.4) is 0 Å². The van der Waals surface area contributed by atoms with Crippen molar-refractivity contribution in [3.05, 3.63) is 87.4 Å². The number of rotatable bonds is 8. The second-order valence-corrected chi connectivity index (χ2v) is 8.53. The summed E-state index contributed by atoms with van der Waals surface area (Å²) in [5, 5.41) is 15.0. The van der Waals surface area contributed by atoms with Crippen molar-refractivity contribution in [3.63, 3.8) is 0 Å². The van der Waals surface area contributed by atoms with Crippen LogP contribution in [-0.4, -0.2) is 25.5 Å². The number of ether oxygens (including phenoxy) is 2. The number of benzene rings is 3. The molecular formula is C27H24BrN3O4. The molecule has 3 aromatic carbocycles. The molecule has 0 saturated carbocycles. The van der Waals surface area contributed by atoms with Gasteiger partial charge >= 0.3 is 0 Å². The van der Waals surface area contributed by atoms with E-state index in [-0.39, 0.29) is 18.1 Å². The molecule has 8 heteroatoms. The Hall–Kier alpha value is -4.09. The highest BCUT2D eigenvalue weighted by Crippen LogP contribution is 2.37. The molecule has 0 radical (unpaired) electrons. The summed E-state index contributed by atoms with van der Waals surface area (Å²) in [6.45, 7) is 3.67. The van der Waals surface area contributed by atoms with Gasteiger partial charge in [-0.3, -0.25) is 9.59 Å². The van der Waals surface area contributed by atoms with E-state index in [2.05, 4.69) is 26.6 Å². The van der Waals surface area contributed by atoms with Gasteiger partial charge in [0.1, 0.15) is 11.6 Å². The number of nitrogens with zero attached hydrogens (tertiary/aromatic N) is 1. The van der Waals surface area contributed by atoms with E-state index < -0.39 is 5.91 Å². The number of para-hydroxylation sites is 1. The van der Waals surface area contributed by atoms with Crippen LogP contribution >= 0.6 is 15.9 Å². The van der Waals surface area contributed by atoms with Gasteiger partial charge in [-0.05, 0) is 77.3 Å². The fourth-order valence-corrected chi connectivity index (χ4v) is 3.85. The van der Waals surface area contributed by atoms with Crippen LogP contribution in [0.2, 0.25) is 0 Å². The molecule has 0 saturated heterocycles. The Morgan fingerprint density at radius 3 is 2.46 bits per heavy atom. The molecule has 0 atom stereocenters. The Morgan fingerprint density at radius 2 is 1.80 bits per heavy atom. The summed E-state index contributed by atoms with van der Waals surface area (Å²) >= 11 is 3.43. The van der Waals surface area contributed by atoms with Crippen molar-refractivity contribution >= 4 is 45.2 Å². The summed E-state index contributed by atoms with van der Waals surface area (Å²) in [6, 6.07) is 19.8. The molecule has 0 aliphatic heterocycles. The molecule has 178 valence electrons. The van der Waals surface area contributed by atoms with E-state index >= 15 is 0 Å². The van der Waals surface area contributed by atoms with E-state index in [9.17, 15) is 14.9 Å². The number of carbonyl (C=O) groups excluding carboxylic acids is 2. The summed E-state index contributed by atoms with van der Waals surface area (Å²) in [6.07, 6.45) is 1.45. The van der Waals surface area contributed by atoms with E-state index in [1.54, 1.807) is 36.4 Å². The lowest BCUT2D eigenvalue weighted by molar-refractivity contribution is -0.118. The third-order valence-corrected chi connectivity index (χ3v) is 5.55. The zero-order valence-electron chi connectivity index (χ0n) is 19.5. The van der Waals surface area contributed by atoms with Crippen molar-refractivity contribution < 1.29 is 19.1 Å². The zero-order valence-corrected chi connectivity index (χ0v) is 21.1. The van der Waals surface area contributed by atoms with Gasteiger partial charge in [0.15, 0.2) is 18.1 Å². The fraction of sp³-hybridized carbons (Fsp3) is 0.148. The van der Waals surface area contributed by atoms with E-state index in [1.165, 1.54) is 13.2 Å². The highest BCUT2D eigenvalue weighted by Gasteiger charge is 2.16. The van der Waals surface area contributed by atoms with Crippen molar-refractivity contribution in [2.24, 2.45) is 0 Å². The number of aryl methyl sites for hydroxylation is 2. The minimum Gasteiger partial charge on any atom is -0.493 e. The normalized spacial score (nSPS) is 10.8. The van der Waals surface area contributed by atoms with E-state index in [1.807, 2.05) is 44.2 Å². The topological polar surface area (TPSA) is 100 Å². The number of nitriles is 1. The lowest BCUT2D eigenvalue weighted by Crippen LogP contribution is -2.21. The van der Waals surface area contributed by atoms with Gasteiger partial charge in [0, 0.05) is 11.4 Å². The Labute approximate surface area is 212 Å². The van der Waals surface area contributed by atoms with Crippen molar-refractivity contribution in [2.75, 3.05) is 24.4 Å². The molecule has 0 bridgehead atoms. The predicted molar refractivity (Wildman–Crippen MR) is 139 cm³/mol. The average molecular weight is 534 g/mol. The number of amides is 2. The summed E-state index contributed by atoms with van der Waals surface area (Å²) in [5.74, 6) is -0.185. The van der Waals surface area contributed by atoms with Gasteiger partial charge in [-0.2, -0.15) is 5.26 Å². The number of nitrogens with one attached hydrogen (secondary N) is 2. The smallest absolute Gasteiger partial charge is 0.266 e. The largest absolute Gasteiger partial charge is 0.493 e. The molecule has 3 rings (SSSR count). The maximum atomic E-state index is 12.5. The van der Waals surface area contributed by atoms with Crippen LogP contribution in [0.15, 0.2) is 70.7 Å². The molecule has 0 aliphatic carbocycles. The summed E-state index contributed by atoms with van der Waals surface area (Å²) in [4.78, 5) is 24.9. The molecule has 0 aromatic heterocycles. The number of carbonyl (C=O) groups is 2. The lowest BCUT2D eigenvalue weighted by atomic mass is 10.1. The Bertz CT molecular complexity index is 1310. The number of halogens is 1. The van der Waals surface area contributed by atoms with E-state index in [0.29, 0.717) is 32.9 Å². The first kappa shape index (κ1) is 25.5. The third kappa shape index (κ3) is 6.95. The number of methoxy groups -OCH3 is 1. The first-order valence-electron chi connectivity index (χ1n) is 10.7. The Morgan fingerprint density at radius 1 is 1.06 bits per heavy atom. The van der Waals surface area contributed by atoms with Crippen molar-refractivity contribution in [2.45, 2.75) is 13.8 Å². The van der Waals surface area contributed by atoms with Gasteiger partial charge in [-0.1, -0.05) is 35.9 Å². The highest BCUT2D eigenvalue weighted by molar-refractivity contribution is 9.10. The Kier molecular flexibility index (Phi) is 8.65. The minimum absolute atomic E-state index is 0.0793. The van der Waals surface area contributed by atoms with E-state index in [4.69, 9.17) is 9.47 Å². The fourth-order valence-electron chi connectivity index (χ4n) is 3.28. The van der Waals surface area contributed by atoms with Gasteiger partial charge in [0.05, 0.1) is 11.6 Å². The monoisotopic (exact) mass is 533 g/mol. The van der Waals surface area contributed by atoms with Crippen LogP contribution in [-0.2, 0) is 9.59 Å². The molecule has 2 N–H and O–H groups in total. The molecule has 0 unspecified atom stereocenters. The van der Waals surface area contributed by atoms with Gasteiger partial charge in [0.25, 0.3) is 11.8 Å². The second kappa shape index (κ2) is 11.9. The van der Waals surface area contributed by atoms with Crippen molar-refractivity contribution in [1.29, 1.82) is 5.26 Å². The zero-order chi connectivity index (χ0) is 25.4. The SMILES string of the molecule is COc1cc(/C=C(\C#N)C(=O)Nc2ccccc2)cc(Br)c1OCC(=O)Nc1ccc(C)cc1C. The van der Waals surface area contributed by atoms with Gasteiger partial charge < -0.3 is 20.1 Å². The van der Waals surface area contributed by atoms with Crippen LogP contribution in [0.5, 0.6) is 11.5 Å². The van der Waals surface area contributed by atoms with Gasteiger partial charge in [0.2, 0.25) is 0 Å². The standard InChI is InChI=1S/C27H24BrN3O4/c1-17-9-10-23(18(2)11-17)31-25(32)16-35-26-22(28)13-19(14-24(26)34-3)12-20(15-29)27(33)30-21-7-5-4-6-8-21/h4-14H,16H2,1-3H3,(H,30,33)(H,31,32)/b20-12+. The molecule has 0 spiro atoms. The van der Waals surface area contributed by atoms with E-state index in [0.717, 1.165) is 11.1 Å². The summed E-state index contributed by atoms with van der Waals surface area (Å²) < 4.78 is 11.6. The predicted octanol–water partition coefficient (Wildman–Crippen LogP) is 5.64. The molecule has 7 nitrogen and oxygen atoms in total. The third-order valence-electron chi connectivity index (χ3n) is 4.96. The van der Waals surface area contributed by atoms with Crippen molar-refractivity contribution in [3.8, 4) is 17.6 Å². The summed E-state index contributed by atoms with van der Waals surface area (Å²) in [7, 11) is 1.46. The molecule has 3 aromatic rings. The minimum atomic E-state index is -0.530. The molecule has 0 fully saturated rings. The Balaban J connectivity index is 1.74. The van der Waals surface area contributed by atoms with Crippen molar-refractivity contribution in [1.82, 2.24) is 0 Å². The number of hydrogen-bond acceptors (Lipinski definition) is 5. The van der Waals surface area contributed by atoms with Crippen LogP contribution in [0.25, 0.3) is 6.08 Å². The number of hydrogen-bond donors (Lipinski definition) is 2. The van der Waals surface area contributed by atoms with Gasteiger partial charge in [-0.15, -0.1) is 0 Å². The molecule has 2 amide bonds. The lowest BCUT2D eigenvalue weighted by Gasteiger charge is -2.14. The molecule has 0 heterocycles. The van der Waals surface area contributed by atoms with Crippen LogP contribution in [0.1, 0.15) is 16.7 Å². The molecule has 35 heavy (non-hydrogen) atoms. The van der Waals surface area contributed by atoms with Gasteiger partial charge in [-0.25, -0.2) is 0 Å². The molecular weight excluding hydrogens is 510 g/mol. The average Bonchev–Trinajstić information content (AvgIpc) is 2.83. The van der Waals surface area contributed by atoms with Crippen LogP contribution in [0, 0.1) is 25.2 Å². The first-order chi connectivity index (χ1) is 16.8. The maximum absolute atomic E-state index is 12.5.